The molecule has 0 N–H and O–H groups in total. The molecule has 5 aromatic rings. The molecule has 0 aliphatic carbocycles. The van der Waals surface area contributed by atoms with Crippen molar-refractivity contribution in [3.05, 3.63) is 135 Å². The van der Waals surface area contributed by atoms with E-state index >= 15 is 0 Å². The minimum absolute atomic E-state index is 0.0604. The zero-order valence-corrected chi connectivity index (χ0v) is 20.0. The first-order valence-corrected chi connectivity index (χ1v) is 11.9. The van der Waals surface area contributed by atoms with Gasteiger partial charge in [0.05, 0.1) is 22.0 Å². The van der Waals surface area contributed by atoms with Crippen LogP contribution in [0.4, 0.5) is 10.2 Å². The van der Waals surface area contributed by atoms with Crippen LogP contribution in [0.2, 0.25) is 5.02 Å². The number of hydrogen-bond donors (Lipinski definition) is 0. The third kappa shape index (κ3) is 4.13. The van der Waals surface area contributed by atoms with Gasteiger partial charge in [0.25, 0.3) is 5.91 Å². The van der Waals surface area contributed by atoms with Crippen LogP contribution in [0.1, 0.15) is 33.3 Å². The molecule has 0 spiro atoms. The van der Waals surface area contributed by atoms with Gasteiger partial charge in [-0.1, -0.05) is 54.1 Å². The largest absolute Gasteiger partial charge is 0.489 e. The van der Waals surface area contributed by atoms with Crippen molar-refractivity contribution in [2.24, 2.45) is 0 Å². The van der Waals surface area contributed by atoms with Crippen LogP contribution in [-0.4, -0.2) is 10.9 Å². The van der Waals surface area contributed by atoms with Crippen molar-refractivity contribution in [2.45, 2.75) is 12.6 Å². The number of fused-ring (bicyclic) bond motifs is 2. The summed E-state index contributed by atoms with van der Waals surface area (Å²) >= 11 is 6.02. The Bertz CT molecular complexity index is 1690. The van der Waals surface area contributed by atoms with Crippen molar-refractivity contribution in [1.82, 2.24) is 4.98 Å². The van der Waals surface area contributed by atoms with Gasteiger partial charge >= 0.3 is 0 Å². The van der Waals surface area contributed by atoms with E-state index in [1.807, 2.05) is 30.3 Å². The zero-order chi connectivity index (χ0) is 25.5. The maximum atomic E-state index is 14.0. The van der Waals surface area contributed by atoms with Gasteiger partial charge in [-0.3, -0.25) is 14.5 Å². The number of carbonyl (C=O) groups is 1. The highest BCUT2D eigenvalue weighted by Gasteiger charge is 2.44. The minimum Gasteiger partial charge on any atom is -0.489 e. The average molecular weight is 513 g/mol. The number of carbonyl (C=O) groups excluding carboxylic acids is 1. The number of amides is 1. The molecule has 0 radical (unpaired) electrons. The number of halogens is 2. The molecule has 182 valence electrons. The zero-order valence-electron chi connectivity index (χ0n) is 19.2. The van der Waals surface area contributed by atoms with Gasteiger partial charge in [0.15, 0.2) is 5.43 Å². The molecule has 3 heterocycles. The molecule has 1 unspecified atom stereocenters. The number of nitrogens with zero attached hydrogens (tertiary/aromatic N) is 2. The number of benzene rings is 3. The molecular weight excluding hydrogens is 495 g/mol. The van der Waals surface area contributed by atoms with Crippen LogP contribution in [0.25, 0.3) is 11.0 Å². The minimum atomic E-state index is -0.844. The molecule has 8 heteroatoms. The van der Waals surface area contributed by atoms with Crippen molar-refractivity contribution < 1.29 is 18.3 Å². The molecule has 1 aliphatic rings. The molecule has 1 aliphatic heterocycles. The standard InChI is InChI=1S/C29H18ClFN2O4/c30-19-8-13-24(32-15-19)33-26(18-6-10-21(11-7-18)36-16-17-4-2-1-3-5-17)25-27(34)22-14-20(31)9-12-23(22)37-28(25)29(33)35/h1-15,26H,16H2. The van der Waals surface area contributed by atoms with Gasteiger partial charge < -0.3 is 9.15 Å². The van der Waals surface area contributed by atoms with Crippen molar-refractivity contribution in [3.63, 3.8) is 0 Å². The van der Waals surface area contributed by atoms with E-state index in [0.717, 1.165) is 11.6 Å². The molecule has 0 bridgehead atoms. The lowest BCUT2D eigenvalue weighted by atomic mass is 9.98. The lowest BCUT2D eigenvalue weighted by Gasteiger charge is -2.24. The van der Waals surface area contributed by atoms with Gasteiger partial charge in [-0.2, -0.15) is 0 Å². The first-order chi connectivity index (χ1) is 18.0. The van der Waals surface area contributed by atoms with E-state index in [1.54, 1.807) is 36.4 Å². The Hall–Kier alpha value is -4.49. The average Bonchev–Trinajstić information content (AvgIpc) is 3.21. The van der Waals surface area contributed by atoms with Gasteiger partial charge in [-0.25, -0.2) is 9.37 Å². The molecule has 6 nitrogen and oxygen atoms in total. The number of aromatic nitrogens is 1. The highest BCUT2D eigenvalue weighted by atomic mass is 35.5. The van der Waals surface area contributed by atoms with Crippen LogP contribution < -0.4 is 15.1 Å². The van der Waals surface area contributed by atoms with E-state index in [9.17, 15) is 14.0 Å². The van der Waals surface area contributed by atoms with E-state index in [1.165, 1.54) is 23.2 Å². The first kappa shape index (κ1) is 22.9. The summed E-state index contributed by atoms with van der Waals surface area (Å²) in [7, 11) is 0. The van der Waals surface area contributed by atoms with Crippen LogP contribution >= 0.6 is 11.6 Å². The van der Waals surface area contributed by atoms with Crippen LogP contribution in [-0.2, 0) is 6.61 Å². The molecule has 0 saturated carbocycles. The smallest absolute Gasteiger partial charge is 0.296 e. The second kappa shape index (κ2) is 9.19. The summed E-state index contributed by atoms with van der Waals surface area (Å²) in [6.45, 7) is 0.396. The Labute approximate surface area is 215 Å². The van der Waals surface area contributed by atoms with Crippen LogP contribution in [0.15, 0.2) is 100 Å². The lowest BCUT2D eigenvalue weighted by Crippen LogP contribution is -2.30. The summed E-state index contributed by atoms with van der Waals surface area (Å²) in [6, 6.07) is 22.9. The Morgan fingerprint density at radius 2 is 1.76 bits per heavy atom. The third-order valence-electron chi connectivity index (χ3n) is 6.23. The van der Waals surface area contributed by atoms with Crippen LogP contribution in [0.3, 0.4) is 0 Å². The maximum absolute atomic E-state index is 14.0. The normalized spacial score (nSPS) is 14.7. The van der Waals surface area contributed by atoms with E-state index in [4.69, 9.17) is 20.8 Å². The summed E-state index contributed by atoms with van der Waals surface area (Å²) in [5.41, 5.74) is 1.44. The fraction of sp³-hybridized carbons (Fsp3) is 0.0690. The Morgan fingerprint density at radius 3 is 2.49 bits per heavy atom. The Balaban J connectivity index is 1.44. The summed E-state index contributed by atoms with van der Waals surface area (Å²) in [5.74, 6) is -0.277. The Morgan fingerprint density at radius 1 is 0.973 bits per heavy atom. The molecule has 0 fully saturated rings. The number of anilines is 1. The van der Waals surface area contributed by atoms with Crippen molar-refractivity contribution in [3.8, 4) is 5.75 Å². The maximum Gasteiger partial charge on any atom is 0.296 e. The monoisotopic (exact) mass is 512 g/mol. The van der Waals surface area contributed by atoms with E-state index in [2.05, 4.69) is 4.98 Å². The molecule has 2 aromatic heterocycles. The number of rotatable bonds is 5. The van der Waals surface area contributed by atoms with Crippen molar-refractivity contribution in [2.75, 3.05) is 4.90 Å². The highest BCUT2D eigenvalue weighted by Crippen LogP contribution is 2.41. The fourth-order valence-electron chi connectivity index (χ4n) is 4.49. The number of hydrogen-bond acceptors (Lipinski definition) is 5. The second-order valence-electron chi connectivity index (χ2n) is 8.57. The first-order valence-electron chi connectivity index (χ1n) is 11.5. The van der Waals surface area contributed by atoms with Crippen molar-refractivity contribution in [1.29, 1.82) is 0 Å². The van der Waals surface area contributed by atoms with Gasteiger partial charge in [0.1, 0.15) is 29.6 Å². The Kier molecular flexibility index (Phi) is 5.70. The van der Waals surface area contributed by atoms with E-state index < -0.39 is 23.2 Å². The lowest BCUT2D eigenvalue weighted by molar-refractivity contribution is 0.0970. The quantitative estimate of drug-likeness (QED) is 0.276. The van der Waals surface area contributed by atoms with Gasteiger partial charge in [-0.05, 0) is 53.6 Å². The van der Waals surface area contributed by atoms with Gasteiger partial charge in [0, 0.05) is 6.20 Å². The van der Waals surface area contributed by atoms with Gasteiger partial charge in [-0.15, -0.1) is 0 Å². The summed E-state index contributed by atoms with van der Waals surface area (Å²) < 4.78 is 25.7. The van der Waals surface area contributed by atoms with Crippen LogP contribution in [0.5, 0.6) is 5.75 Å². The topological polar surface area (TPSA) is 72.6 Å². The summed E-state index contributed by atoms with van der Waals surface area (Å²) in [4.78, 5) is 32.9. The molecule has 1 amide bonds. The second-order valence-corrected chi connectivity index (χ2v) is 9.01. The summed E-state index contributed by atoms with van der Waals surface area (Å²) in [6.07, 6.45) is 1.42. The number of ether oxygens (including phenoxy) is 1. The van der Waals surface area contributed by atoms with Crippen molar-refractivity contribution >= 4 is 34.3 Å². The SMILES string of the molecule is O=C1c2oc3ccc(F)cc3c(=O)c2C(c2ccc(OCc3ccccc3)cc2)N1c1ccc(Cl)cn1. The molecule has 6 rings (SSSR count). The number of pyridine rings is 1. The van der Waals surface area contributed by atoms with Crippen LogP contribution in [0, 0.1) is 5.82 Å². The highest BCUT2D eigenvalue weighted by molar-refractivity contribution is 6.30. The summed E-state index contributed by atoms with van der Waals surface area (Å²) in [5, 5.41) is 0.463. The predicted octanol–water partition coefficient (Wildman–Crippen LogP) is 6.31. The molecule has 3 aromatic carbocycles. The molecule has 0 saturated heterocycles. The van der Waals surface area contributed by atoms with E-state index in [0.29, 0.717) is 28.8 Å². The molecule has 37 heavy (non-hydrogen) atoms. The van der Waals surface area contributed by atoms with E-state index in [-0.39, 0.29) is 22.3 Å². The molecule has 1 atom stereocenters. The third-order valence-corrected chi connectivity index (χ3v) is 6.46. The molecular formula is C29H18ClFN2O4. The fourth-order valence-corrected chi connectivity index (χ4v) is 4.61. The predicted molar refractivity (Wildman–Crippen MR) is 138 cm³/mol. The van der Waals surface area contributed by atoms with Gasteiger partial charge in [0.2, 0.25) is 5.76 Å².